The van der Waals surface area contributed by atoms with Gasteiger partial charge in [-0.1, -0.05) is 13.3 Å². The lowest BCUT2D eigenvalue weighted by Gasteiger charge is -2.25. The summed E-state index contributed by atoms with van der Waals surface area (Å²) in [5.41, 5.74) is 0. The van der Waals surface area contributed by atoms with Gasteiger partial charge in [0.05, 0.1) is 12.7 Å². The molecule has 0 rings (SSSR count). The molecule has 3 atom stereocenters. The van der Waals surface area contributed by atoms with Crippen LogP contribution in [-0.2, 0) is 9.47 Å². The van der Waals surface area contributed by atoms with Crippen LogP contribution in [0, 0.1) is 0 Å². The van der Waals surface area contributed by atoms with E-state index < -0.39 is 18.3 Å². The van der Waals surface area contributed by atoms with Crippen LogP contribution in [0.1, 0.15) is 19.8 Å². The molecule has 0 aliphatic heterocycles. The minimum absolute atomic E-state index is 0.180. The van der Waals surface area contributed by atoms with Crippen LogP contribution >= 0.6 is 0 Å². The molecule has 0 aromatic rings. The van der Waals surface area contributed by atoms with Crippen molar-refractivity contribution in [2.24, 2.45) is 0 Å². The zero-order valence-corrected chi connectivity index (χ0v) is 8.56. The molecule has 4 nitrogen and oxygen atoms in total. The SMILES string of the molecule is CCCC(O)C(OC)C(O)COC. The Balaban J connectivity index is 3.98. The second-order valence-corrected chi connectivity index (χ2v) is 3.08. The Labute approximate surface area is 79.5 Å². The molecular weight excluding hydrogens is 172 g/mol. The van der Waals surface area contributed by atoms with E-state index in [0.29, 0.717) is 6.42 Å². The van der Waals surface area contributed by atoms with Gasteiger partial charge in [0.2, 0.25) is 0 Å². The molecular formula is C9H20O4. The Morgan fingerprint density at radius 2 is 1.77 bits per heavy atom. The average molecular weight is 192 g/mol. The van der Waals surface area contributed by atoms with Gasteiger partial charge >= 0.3 is 0 Å². The highest BCUT2D eigenvalue weighted by Crippen LogP contribution is 2.10. The number of rotatable bonds is 7. The van der Waals surface area contributed by atoms with Crippen molar-refractivity contribution in [2.75, 3.05) is 20.8 Å². The van der Waals surface area contributed by atoms with E-state index in [4.69, 9.17) is 9.47 Å². The van der Waals surface area contributed by atoms with E-state index in [1.165, 1.54) is 14.2 Å². The Morgan fingerprint density at radius 1 is 1.15 bits per heavy atom. The van der Waals surface area contributed by atoms with Crippen LogP contribution in [0.4, 0.5) is 0 Å². The number of aliphatic hydroxyl groups is 2. The van der Waals surface area contributed by atoms with Crippen LogP contribution in [-0.4, -0.2) is 49.4 Å². The van der Waals surface area contributed by atoms with E-state index in [9.17, 15) is 10.2 Å². The first-order chi connectivity index (χ1) is 6.17. The highest BCUT2D eigenvalue weighted by molar-refractivity contribution is 4.76. The van der Waals surface area contributed by atoms with Crippen LogP contribution < -0.4 is 0 Å². The van der Waals surface area contributed by atoms with Gasteiger partial charge in [0, 0.05) is 14.2 Å². The van der Waals surface area contributed by atoms with E-state index in [2.05, 4.69) is 0 Å². The number of hydrogen-bond donors (Lipinski definition) is 2. The lowest BCUT2D eigenvalue weighted by molar-refractivity contribution is -0.102. The van der Waals surface area contributed by atoms with Gasteiger partial charge in [-0.25, -0.2) is 0 Å². The summed E-state index contributed by atoms with van der Waals surface area (Å²) in [6.07, 6.45) is -0.461. The third-order valence-corrected chi connectivity index (χ3v) is 1.95. The van der Waals surface area contributed by atoms with Crippen LogP contribution in [0.2, 0.25) is 0 Å². The monoisotopic (exact) mass is 192 g/mol. The molecule has 0 saturated heterocycles. The molecule has 4 heteroatoms. The third-order valence-electron chi connectivity index (χ3n) is 1.95. The molecule has 0 aliphatic carbocycles. The molecule has 2 N–H and O–H groups in total. The Hall–Kier alpha value is -0.160. The zero-order valence-electron chi connectivity index (χ0n) is 8.56. The Kier molecular flexibility index (Phi) is 7.17. The van der Waals surface area contributed by atoms with Crippen molar-refractivity contribution in [1.29, 1.82) is 0 Å². The van der Waals surface area contributed by atoms with Crippen molar-refractivity contribution in [2.45, 2.75) is 38.1 Å². The van der Waals surface area contributed by atoms with Gasteiger partial charge in [-0.05, 0) is 6.42 Å². The number of hydrogen-bond acceptors (Lipinski definition) is 4. The van der Waals surface area contributed by atoms with E-state index in [1.54, 1.807) is 0 Å². The molecule has 0 radical (unpaired) electrons. The molecule has 0 saturated carbocycles. The van der Waals surface area contributed by atoms with Gasteiger partial charge < -0.3 is 19.7 Å². The number of ether oxygens (including phenoxy) is 2. The summed E-state index contributed by atoms with van der Waals surface area (Å²) < 4.78 is 9.77. The first-order valence-electron chi connectivity index (χ1n) is 4.55. The fraction of sp³-hybridized carbons (Fsp3) is 1.00. The van der Waals surface area contributed by atoms with Crippen molar-refractivity contribution in [3.8, 4) is 0 Å². The van der Waals surface area contributed by atoms with Gasteiger partial charge in [-0.15, -0.1) is 0 Å². The summed E-state index contributed by atoms with van der Waals surface area (Å²) in [6.45, 7) is 2.15. The fourth-order valence-corrected chi connectivity index (χ4v) is 1.30. The molecule has 0 aliphatic rings. The maximum Gasteiger partial charge on any atom is 0.111 e. The topological polar surface area (TPSA) is 58.9 Å². The van der Waals surface area contributed by atoms with Crippen molar-refractivity contribution in [3.05, 3.63) is 0 Å². The largest absolute Gasteiger partial charge is 0.390 e. The van der Waals surface area contributed by atoms with Crippen LogP contribution in [0.3, 0.4) is 0 Å². The second kappa shape index (κ2) is 7.26. The normalized spacial score (nSPS) is 18.2. The van der Waals surface area contributed by atoms with Crippen molar-refractivity contribution < 1.29 is 19.7 Å². The lowest BCUT2D eigenvalue weighted by atomic mass is 10.0. The number of aliphatic hydroxyl groups excluding tert-OH is 2. The minimum Gasteiger partial charge on any atom is -0.390 e. The smallest absolute Gasteiger partial charge is 0.111 e. The van der Waals surface area contributed by atoms with Gasteiger partial charge in [0.15, 0.2) is 0 Å². The molecule has 0 aromatic heterocycles. The molecule has 0 heterocycles. The molecule has 80 valence electrons. The standard InChI is InChI=1S/C9H20O4/c1-4-5-7(10)9(13-3)8(11)6-12-2/h7-11H,4-6H2,1-3H3. The van der Waals surface area contributed by atoms with Gasteiger partial charge in [0.25, 0.3) is 0 Å². The Morgan fingerprint density at radius 3 is 2.15 bits per heavy atom. The maximum absolute atomic E-state index is 9.57. The molecule has 3 unspecified atom stereocenters. The molecule has 0 fully saturated rings. The zero-order chi connectivity index (χ0) is 10.3. The quantitative estimate of drug-likeness (QED) is 0.603. The van der Waals surface area contributed by atoms with E-state index in [0.717, 1.165) is 6.42 Å². The van der Waals surface area contributed by atoms with Crippen molar-refractivity contribution >= 4 is 0 Å². The predicted molar refractivity (Wildman–Crippen MR) is 49.6 cm³/mol. The lowest BCUT2D eigenvalue weighted by Crippen LogP contribution is -2.41. The first-order valence-corrected chi connectivity index (χ1v) is 4.55. The molecule has 0 amide bonds. The summed E-state index contributed by atoms with van der Waals surface area (Å²) >= 11 is 0. The number of methoxy groups -OCH3 is 2. The van der Waals surface area contributed by atoms with Gasteiger partial charge in [-0.2, -0.15) is 0 Å². The van der Waals surface area contributed by atoms with E-state index in [-0.39, 0.29) is 6.61 Å². The summed E-state index contributed by atoms with van der Waals surface area (Å²) in [6, 6.07) is 0. The van der Waals surface area contributed by atoms with E-state index >= 15 is 0 Å². The molecule has 0 spiro atoms. The molecule has 0 aromatic carbocycles. The van der Waals surface area contributed by atoms with E-state index in [1.807, 2.05) is 6.92 Å². The fourth-order valence-electron chi connectivity index (χ4n) is 1.30. The predicted octanol–water partition coefficient (Wildman–Crippen LogP) is 0.170. The summed E-state index contributed by atoms with van der Waals surface area (Å²) in [7, 11) is 2.98. The van der Waals surface area contributed by atoms with Crippen molar-refractivity contribution in [3.63, 3.8) is 0 Å². The highest BCUT2D eigenvalue weighted by atomic mass is 16.5. The van der Waals surface area contributed by atoms with Crippen LogP contribution in [0.5, 0.6) is 0 Å². The Bertz CT molecular complexity index is 106. The maximum atomic E-state index is 9.57. The molecule has 13 heavy (non-hydrogen) atoms. The highest BCUT2D eigenvalue weighted by Gasteiger charge is 2.25. The van der Waals surface area contributed by atoms with Gasteiger partial charge in [0.1, 0.15) is 12.2 Å². The second-order valence-electron chi connectivity index (χ2n) is 3.08. The van der Waals surface area contributed by atoms with Crippen LogP contribution in [0.25, 0.3) is 0 Å². The van der Waals surface area contributed by atoms with Crippen molar-refractivity contribution in [1.82, 2.24) is 0 Å². The van der Waals surface area contributed by atoms with Crippen LogP contribution in [0.15, 0.2) is 0 Å². The molecule has 0 bridgehead atoms. The summed E-state index contributed by atoms with van der Waals surface area (Å²) in [5.74, 6) is 0. The summed E-state index contributed by atoms with van der Waals surface area (Å²) in [4.78, 5) is 0. The average Bonchev–Trinajstić information content (AvgIpc) is 2.06. The first kappa shape index (κ1) is 12.8. The summed E-state index contributed by atoms with van der Waals surface area (Å²) in [5, 5.41) is 19.1. The minimum atomic E-state index is -0.767. The third kappa shape index (κ3) is 4.57. The van der Waals surface area contributed by atoms with Gasteiger partial charge in [-0.3, -0.25) is 0 Å².